The number of primary amides is 1. The van der Waals surface area contributed by atoms with Crippen molar-refractivity contribution in [3.63, 3.8) is 0 Å². The molecule has 9 nitrogen and oxygen atoms in total. The van der Waals surface area contributed by atoms with Gasteiger partial charge in [0.1, 0.15) is 17.3 Å². The van der Waals surface area contributed by atoms with Crippen LogP contribution in [0.15, 0.2) is 72.8 Å². The number of amidine groups is 1. The highest BCUT2D eigenvalue weighted by atomic mass is 19.1. The van der Waals surface area contributed by atoms with Crippen molar-refractivity contribution in [1.82, 2.24) is 4.98 Å². The Labute approximate surface area is 215 Å². The van der Waals surface area contributed by atoms with Crippen LogP contribution in [0.1, 0.15) is 22.8 Å². The normalized spacial score (nSPS) is 10.5. The molecule has 0 aliphatic heterocycles. The van der Waals surface area contributed by atoms with Crippen molar-refractivity contribution in [2.24, 2.45) is 11.5 Å². The predicted molar refractivity (Wildman–Crippen MR) is 136 cm³/mol. The van der Waals surface area contributed by atoms with E-state index in [-0.39, 0.29) is 34.5 Å². The molecule has 192 valence electrons. The standard InChI is InChI=1S/C27H21F2N5O4/c1-14(35)33-18-8-9-23(20(12-18)25(32)36)38-27-22(29)13-21(28)26(34-27)37-19-7-3-5-16(11-19)15-4-2-6-17(10-15)24(30)31/h2-13H,1H3,(H3,30,31)(H2,32,36)(H,33,35). The number of pyridine rings is 1. The number of hydrogen-bond donors (Lipinski definition) is 4. The summed E-state index contributed by atoms with van der Waals surface area (Å²) >= 11 is 0. The number of carbonyl (C=O) groups is 2. The lowest BCUT2D eigenvalue weighted by Crippen LogP contribution is -2.14. The van der Waals surface area contributed by atoms with Gasteiger partial charge in [-0.1, -0.05) is 30.3 Å². The second-order valence-corrected chi connectivity index (χ2v) is 8.05. The third-order valence-corrected chi connectivity index (χ3v) is 5.19. The minimum absolute atomic E-state index is 0.0892. The molecule has 4 aromatic rings. The zero-order valence-electron chi connectivity index (χ0n) is 19.9. The Morgan fingerprint density at radius 3 is 2.18 bits per heavy atom. The summed E-state index contributed by atoms with van der Waals surface area (Å²) in [7, 11) is 0. The maximum atomic E-state index is 14.6. The highest BCUT2D eigenvalue weighted by molar-refractivity contribution is 5.98. The van der Waals surface area contributed by atoms with Crippen LogP contribution < -0.4 is 26.3 Å². The molecular formula is C27H21F2N5O4. The lowest BCUT2D eigenvalue weighted by Gasteiger charge is -2.13. The number of benzene rings is 3. The van der Waals surface area contributed by atoms with E-state index in [0.717, 1.165) is 5.56 Å². The van der Waals surface area contributed by atoms with Gasteiger partial charge < -0.3 is 26.3 Å². The molecular weight excluding hydrogens is 496 g/mol. The summed E-state index contributed by atoms with van der Waals surface area (Å²) in [5.41, 5.74) is 13.0. The Morgan fingerprint density at radius 1 is 0.868 bits per heavy atom. The molecule has 2 amide bonds. The van der Waals surface area contributed by atoms with E-state index in [1.807, 2.05) is 6.07 Å². The summed E-state index contributed by atoms with van der Waals surface area (Å²) in [6.45, 7) is 1.28. The number of nitrogens with one attached hydrogen (secondary N) is 2. The van der Waals surface area contributed by atoms with Crippen LogP contribution in [0, 0.1) is 17.0 Å². The van der Waals surface area contributed by atoms with Crippen molar-refractivity contribution in [2.75, 3.05) is 5.32 Å². The SMILES string of the molecule is CC(=O)Nc1ccc(Oc2nc(Oc3cccc(-c4cccc(C(=N)N)c4)c3)c(F)cc2F)c(C(N)=O)c1. The van der Waals surface area contributed by atoms with Crippen LogP contribution in [0.25, 0.3) is 11.1 Å². The van der Waals surface area contributed by atoms with Crippen LogP contribution >= 0.6 is 0 Å². The number of carbonyl (C=O) groups excluding carboxylic acids is 2. The molecule has 0 fully saturated rings. The molecule has 0 atom stereocenters. The fourth-order valence-electron chi connectivity index (χ4n) is 3.49. The van der Waals surface area contributed by atoms with E-state index in [4.69, 9.17) is 26.4 Å². The molecule has 0 spiro atoms. The molecule has 1 heterocycles. The van der Waals surface area contributed by atoms with Crippen molar-refractivity contribution >= 4 is 23.3 Å². The van der Waals surface area contributed by atoms with Crippen LogP contribution in [0.2, 0.25) is 0 Å². The van der Waals surface area contributed by atoms with Gasteiger partial charge in [0, 0.05) is 24.2 Å². The highest BCUT2D eigenvalue weighted by Crippen LogP contribution is 2.33. The Kier molecular flexibility index (Phi) is 7.28. The van der Waals surface area contributed by atoms with Gasteiger partial charge in [0.25, 0.3) is 17.7 Å². The van der Waals surface area contributed by atoms with Crippen LogP contribution in [-0.2, 0) is 4.79 Å². The van der Waals surface area contributed by atoms with Crippen molar-refractivity contribution in [3.8, 4) is 34.4 Å². The first-order chi connectivity index (χ1) is 18.1. The first-order valence-corrected chi connectivity index (χ1v) is 11.1. The maximum Gasteiger partial charge on any atom is 0.259 e. The summed E-state index contributed by atoms with van der Waals surface area (Å²) in [4.78, 5) is 27.0. The average molecular weight is 517 g/mol. The van der Waals surface area contributed by atoms with Gasteiger partial charge in [0.2, 0.25) is 5.91 Å². The lowest BCUT2D eigenvalue weighted by molar-refractivity contribution is -0.114. The quantitative estimate of drug-likeness (QED) is 0.192. The number of anilines is 1. The van der Waals surface area contributed by atoms with E-state index in [9.17, 15) is 18.4 Å². The van der Waals surface area contributed by atoms with E-state index in [2.05, 4.69) is 10.3 Å². The summed E-state index contributed by atoms with van der Waals surface area (Å²) in [5.74, 6) is -4.82. The fraction of sp³-hybridized carbons (Fsp3) is 0.0370. The number of aromatic nitrogens is 1. The van der Waals surface area contributed by atoms with Crippen LogP contribution in [0.5, 0.6) is 23.3 Å². The zero-order chi connectivity index (χ0) is 27.4. The maximum absolute atomic E-state index is 14.6. The number of nitrogen functional groups attached to an aromatic ring is 1. The smallest absolute Gasteiger partial charge is 0.259 e. The number of rotatable bonds is 8. The van der Waals surface area contributed by atoms with E-state index in [1.54, 1.807) is 42.5 Å². The molecule has 0 bridgehead atoms. The Balaban J connectivity index is 1.63. The molecule has 11 heteroatoms. The van der Waals surface area contributed by atoms with Crippen LogP contribution in [-0.4, -0.2) is 22.6 Å². The van der Waals surface area contributed by atoms with Crippen molar-refractivity contribution < 1.29 is 27.8 Å². The minimum Gasteiger partial charge on any atom is -0.436 e. The largest absolute Gasteiger partial charge is 0.436 e. The van der Waals surface area contributed by atoms with E-state index in [1.165, 1.54) is 25.1 Å². The number of halogens is 2. The van der Waals surface area contributed by atoms with Crippen LogP contribution in [0.4, 0.5) is 14.5 Å². The molecule has 4 rings (SSSR count). The van der Waals surface area contributed by atoms with E-state index < -0.39 is 29.3 Å². The van der Waals surface area contributed by atoms with Gasteiger partial charge >= 0.3 is 0 Å². The second-order valence-electron chi connectivity index (χ2n) is 8.05. The molecule has 3 aromatic carbocycles. The first kappa shape index (κ1) is 25.8. The van der Waals surface area contributed by atoms with E-state index >= 15 is 0 Å². The summed E-state index contributed by atoms with van der Waals surface area (Å²) in [6.07, 6.45) is 0. The molecule has 0 saturated carbocycles. The highest BCUT2D eigenvalue weighted by Gasteiger charge is 2.19. The van der Waals surface area contributed by atoms with Crippen LogP contribution in [0.3, 0.4) is 0 Å². The van der Waals surface area contributed by atoms with Crippen molar-refractivity contribution in [1.29, 1.82) is 5.41 Å². The molecule has 1 aromatic heterocycles. The summed E-state index contributed by atoms with van der Waals surface area (Å²) in [6, 6.07) is 18.1. The van der Waals surface area contributed by atoms with Gasteiger partial charge in [-0.3, -0.25) is 15.0 Å². The third kappa shape index (κ3) is 5.90. The molecule has 0 aliphatic rings. The average Bonchev–Trinajstić information content (AvgIpc) is 2.87. The summed E-state index contributed by atoms with van der Waals surface area (Å²) < 4.78 is 40.1. The molecule has 6 N–H and O–H groups in total. The summed E-state index contributed by atoms with van der Waals surface area (Å²) in [5, 5.41) is 10.1. The number of amides is 2. The molecule has 0 aliphatic carbocycles. The van der Waals surface area contributed by atoms with E-state index in [0.29, 0.717) is 17.2 Å². The molecule has 0 radical (unpaired) electrons. The number of ether oxygens (including phenoxy) is 2. The van der Waals surface area contributed by atoms with Crippen molar-refractivity contribution in [3.05, 3.63) is 95.6 Å². The lowest BCUT2D eigenvalue weighted by atomic mass is 10.0. The first-order valence-electron chi connectivity index (χ1n) is 11.1. The fourth-order valence-corrected chi connectivity index (χ4v) is 3.49. The van der Waals surface area contributed by atoms with Gasteiger partial charge in [-0.05, 0) is 47.5 Å². The minimum atomic E-state index is -1.15. The molecule has 0 unspecified atom stereocenters. The van der Waals surface area contributed by atoms with Gasteiger partial charge in [0.05, 0.1) is 5.56 Å². The van der Waals surface area contributed by atoms with Crippen molar-refractivity contribution in [2.45, 2.75) is 6.92 Å². The Hall–Kier alpha value is -5.32. The molecule has 38 heavy (non-hydrogen) atoms. The Morgan fingerprint density at radius 2 is 1.53 bits per heavy atom. The number of hydrogen-bond acceptors (Lipinski definition) is 6. The van der Waals surface area contributed by atoms with Gasteiger partial charge in [-0.2, -0.15) is 4.98 Å². The topological polar surface area (TPSA) is 153 Å². The molecule has 0 saturated heterocycles. The second kappa shape index (κ2) is 10.7. The van der Waals surface area contributed by atoms with Gasteiger partial charge in [-0.15, -0.1) is 0 Å². The zero-order valence-corrected chi connectivity index (χ0v) is 19.9. The monoisotopic (exact) mass is 517 g/mol. The Bertz CT molecular complexity index is 1580. The number of nitrogens with two attached hydrogens (primary N) is 2. The van der Waals surface area contributed by atoms with Gasteiger partial charge in [0.15, 0.2) is 11.6 Å². The number of nitrogens with zero attached hydrogens (tertiary/aromatic N) is 1. The third-order valence-electron chi connectivity index (χ3n) is 5.19. The van der Waals surface area contributed by atoms with Gasteiger partial charge in [-0.25, -0.2) is 8.78 Å². The predicted octanol–water partition coefficient (Wildman–Crippen LogP) is 4.95.